The van der Waals surface area contributed by atoms with E-state index in [9.17, 15) is 0 Å². The van der Waals surface area contributed by atoms with Gasteiger partial charge < -0.3 is 9.47 Å². The van der Waals surface area contributed by atoms with Gasteiger partial charge in [-0.1, -0.05) is 0 Å². The van der Waals surface area contributed by atoms with Crippen molar-refractivity contribution in [3.8, 4) is 11.4 Å². The molecule has 0 aromatic carbocycles. The highest BCUT2D eigenvalue weighted by molar-refractivity contribution is 5.56. The zero-order chi connectivity index (χ0) is 15.5. The van der Waals surface area contributed by atoms with Crippen molar-refractivity contribution in [2.75, 3.05) is 11.9 Å². The van der Waals surface area contributed by atoms with Crippen LogP contribution in [-0.2, 0) is 13.6 Å². The maximum Gasteiger partial charge on any atom is 0.163 e. The first-order chi connectivity index (χ1) is 10.6. The van der Waals surface area contributed by atoms with Gasteiger partial charge in [0.1, 0.15) is 11.6 Å². The predicted molar refractivity (Wildman–Crippen MR) is 85.3 cm³/mol. The molecule has 0 aliphatic rings. The Kier molecular flexibility index (Phi) is 3.82. The van der Waals surface area contributed by atoms with Crippen LogP contribution >= 0.6 is 0 Å². The first kappa shape index (κ1) is 14.2. The second-order valence-corrected chi connectivity index (χ2v) is 5.24. The molecule has 3 rings (SSSR count). The summed E-state index contributed by atoms with van der Waals surface area (Å²) in [5, 5.41) is 0. The van der Waals surface area contributed by atoms with E-state index in [4.69, 9.17) is 0 Å². The van der Waals surface area contributed by atoms with E-state index in [1.54, 1.807) is 18.6 Å². The van der Waals surface area contributed by atoms with E-state index in [0.29, 0.717) is 12.4 Å². The molecule has 0 unspecified atom stereocenters. The molecule has 0 radical (unpaired) electrons. The molecule has 3 heterocycles. The predicted octanol–water partition coefficient (Wildman–Crippen LogP) is 2.22. The van der Waals surface area contributed by atoms with Crippen LogP contribution in [-0.4, -0.2) is 31.6 Å². The van der Waals surface area contributed by atoms with E-state index >= 15 is 0 Å². The molecule has 0 saturated heterocycles. The first-order valence-corrected chi connectivity index (χ1v) is 7.07. The average Bonchev–Trinajstić information content (AvgIpc) is 2.92. The number of aromatic nitrogens is 5. The van der Waals surface area contributed by atoms with Gasteiger partial charge in [0.05, 0.1) is 6.54 Å². The molecule has 0 fully saturated rings. The molecule has 22 heavy (non-hydrogen) atoms. The number of anilines is 1. The summed E-state index contributed by atoms with van der Waals surface area (Å²) in [5.41, 5.74) is 1.84. The lowest BCUT2D eigenvalue weighted by molar-refractivity contribution is 0.754. The maximum atomic E-state index is 4.65. The Balaban J connectivity index is 1.91. The average molecular weight is 294 g/mol. The highest BCUT2D eigenvalue weighted by Gasteiger charge is 2.10. The van der Waals surface area contributed by atoms with Crippen molar-refractivity contribution in [3.63, 3.8) is 0 Å². The third kappa shape index (κ3) is 2.95. The van der Waals surface area contributed by atoms with Crippen LogP contribution in [0.2, 0.25) is 0 Å². The fourth-order valence-electron chi connectivity index (χ4n) is 2.21. The molecule has 0 atom stereocenters. The third-order valence-electron chi connectivity index (χ3n) is 3.45. The van der Waals surface area contributed by atoms with Crippen LogP contribution in [0.1, 0.15) is 11.5 Å². The van der Waals surface area contributed by atoms with Gasteiger partial charge in [-0.2, -0.15) is 0 Å². The van der Waals surface area contributed by atoms with Crippen LogP contribution in [0.25, 0.3) is 11.4 Å². The van der Waals surface area contributed by atoms with Crippen LogP contribution in [0.15, 0.2) is 43.0 Å². The number of aryl methyl sites for hydroxylation is 2. The van der Waals surface area contributed by atoms with Gasteiger partial charge in [-0.15, -0.1) is 0 Å². The fourth-order valence-corrected chi connectivity index (χ4v) is 2.21. The Bertz CT molecular complexity index is 765. The number of pyridine rings is 1. The maximum absolute atomic E-state index is 4.65. The van der Waals surface area contributed by atoms with E-state index in [2.05, 4.69) is 24.8 Å². The van der Waals surface area contributed by atoms with Crippen molar-refractivity contribution in [3.05, 3.63) is 54.5 Å². The molecule has 0 aliphatic carbocycles. The van der Waals surface area contributed by atoms with Gasteiger partial charge in [-0.3, -0.25) is 4.98 Å². The minimum absolute atomic E-state index is 0.687. The highest BCUT2D eigenvalue weighted by atomic mass is 15.2. The summed E-state index contributed by atoms with van der Waals surface area (Å²) in [6.45, 7) is 2.66. The molecule has 0 aliphatic heterocycles. The van der Waals surface area contributed by atoms with E-state index in [1.807, 2.05) is 50.0 Å². The Morgan fingerprint density at radius 3 is 2.77 bits per heavy atom. The van der Waals surface area contributed by atoms with Crippen LogP contribution in [0.3, 0.4) is 0 Å². The standard InChI is InChI=1S/C16H18N6/c1-12-9-14(22(3)11-15-18-7-8-21(15)2)20-16(19-12)13-5-4-6-17-10-13/h4-10H,11H2,1-3H3. The number of imidazole rings is 1. The molecule has 0 spiro atoms. The molecular weight excluding hydrogens is 276 g/mol. The van der Waals surface area contributed by atoms with Crippen LogP contribution < -0.4 is 4.90 Å². The molecular formula is C16H18N6. The number of hydrogen-bond acceptors (Lipinski definition) is 5. The van der Waals surface area contributed by atoms with Gasteiger partial charge in [0.15, 0.2) is 5.82 Å². The molecule has 0 saturated carbocycles. The smallest absolute Gasteiger partial charge is 0.163 e. The van der Waals surface area contributed by atoms with Crippen molar-refractivity contribution in [1.29, 1.82) is 0 Å². The first-order valence-electron chi connectivity index (χ1n) is 7.07. The molecule has 0 N–H and O–H groups in total. The van der Waals surface area contributed by atoms with E-state index in [-0.39, 0.29) is 0 Å². The summed E-state index contributed by atoms with van der Waals surface area (Å²) in [5.74, 6) is 2.55. The lowest BCUT2D eigenvalue weighted by Gasteiger charge is -2.19. The van der Waals surface area contributed by atoms with Crippen molar-refractivity contribution in [2.24, 2.45) is 7.05 Å². The van der Waals surface area contributed by atoms with Crippen LogP contribution in [0, 0.1) is 6.92 Å². The minimum atomic E-state index is 0.687. The van der Waals surface area contributed by atoms with E-state index < -0.39 is 0 Å². The van der Waals surface area contributed by atoms with Crippen molar-refractivity contribution in [1.82, 2.24) is 24.5 Å². The Morgan fingerprint density at radius 2 is 2.09 bits per heavy atom. The van der Waals surface area contributed by atoms with Crippen molar-refractivity contribution >= 4 is 5.82 Å². The lowest BCUT2D eigenvalue weighted by Crippen LogP contribution is -2.20. The van der Waals surface area contributed by atoms with Gasteiger partial charge >= 0.3 is 0 Å². The SMILES string of the molecule is Cc1cc(N(C)Cc2nccn2C)nc(-c2cccnc2)n1. The zero-order valence-electron chi connectivity index (χ0n) is 12.9. The molecule has 0 amide bonds. The second-order valence-electron chi connectivity index (χ2n) is 5.24. The summed E-state index contributed by atoms with van der Waals surface area (Å²) in [6.07, 6.45) is 7.26. The summed E-state index contributed by atoms with van der Waals surface area (Å²) in [7, 11) is 3.99. The van der Waals surface area contributed by atoms with Crippen molar-refractivity contribution in [2.45, 2.75) is 13.5 Å². The largest absolute Gasteiger partial charge is 0.352 e. The normalized spacial score (nSPS) is 10.7. The van der Waals surface area contributed by atoms with Gasteiger partial charge in [-0.05, 0) is 19.1 Å². The van der Waals surface area contributed by atoms with Gasteiger partial charge in [0.2, 0.25) is 0 Å². The van der Waals surface area contributed by atoms with E-state index in [1.165, 1.54) is 0 Å². The second kappa shape index (κ2) is 5.93. The Morgan fingerprint density at radius 1 is 1.23 bits per heavy atom. The minimum Gasteiger partial charge on any atom is -0.352 e. The highest BCUT2D eigenvalue weighted by Crippen LogP contribution is 2.19. The van der Waals surface area contributed by atoms with Crippen LogP contribution in [0.5, 0.6) is 0 Å². The molecule has 3 aromatic heterocycles. The van der Waals surface area contributed by atoms with Gasteiger partial charge in [0, 0.05) is 56.2 Å². The Hall–Kier alpha value is -2.76. The molecule has 0 bridgehead atoms. The fraction of sp³-hybridized carbons (Fsp3) is 0.250. The monoisotopic (exact) mass is 294 g/mol. The van der Waals surface area contributed by atoms with Gasteiger partial charge in [0.25, 0.3) is 0 Å². The number of nitrogens with zero attached hydrogens (tertiary/aromatic N) is 6. The topological polar surface area (TPSA) is 59.7 Å². The third-order valence-corrected chi connectivity index (χ3v) is 3.45. The van der Waals surface area contributed by atoms with Gasteiger partial charge in [-0.25, -0.2) is 15.0 Å². The molecule has 112 valence electrons. The number of rotatable bonds is 4. The van der Waals surface area contributed by atoms with Crippen molar-refractivity contribution < 1.29 is 0 Å². The summed E-state index contributed by atoms with van der Waals surface area (Å²) >= 11 is 0. The number of hydrogen-bond donors (Lipinski definition) is 0. The molecule has 6 heteroatoms. The quantitative estimate of drug-likeness (QED) is 0.738. The summed E-state index contributed by atoms with van der Waals surface area (Å²) in [4.78, 5) is 19.7. The molecule has 3 aromatic rings. The lowest BCUT2D eigenvalue weighted by atomic mass is 10.2. The summed E-state index contributed by atoms with van der Waals surface area (Å²) < 4.78 is 2.01. The van der Waals surface area contributed by atoms with Crippen LogP contribution in [0.4, 0.5) is 5.82 Å². The summed E-state index contributed by atoms with van der Waals surface area (Å²) in [6, 6.07) is 5.82. The Labute approximate surface area is 129 Å². The van der Waals surface area contributed by atoms with E-state index in [0.717, 1.165) is 22.9 Å². The molecule has 6 nitrogen and oxygen atoms in total. The zero-order valence-corrected chi connectivity index (χ0v) is 12.9.